The van der Waals surface area contributed by atoms with E-state index in [9.17, 15) is 5.11 Å². The summed E-state index contributed by atoms with van der Waals surface area (Å²) in [7, 11) is 0. The summed E-state index contributed by atoms with van der Waals surface area (Å²) in [5.74, 6) is 1.40. The maximum Gasteiger partial charge on any atom is 0.0786 e. The average molecular weight is 192 g/mol. The third-order valence-corrected chi connectivity index (χ3v) is 4.58. The molecule has 0 amide bonds. The molecule has 1 fully saturated rings. The Labute approximate surface area is 86.2 Å². The lowest BCUT2D eigenvalue weighted by atomic mass is 9.77. The Kier molecular flexibility index (Phi) is 2.16. The lowest BCUT2D eigenvalue weighted by Gasteiger charge is -2.29. The van der Waals surface area contributed by atoms with Gasteiger partial charge in [0.1, 0.15) is 0 Å². The third kappa shape index (κ3) is 1.18. The normalized spacial score (nSPS) is 42.2. The fourth-order valence-corrected chi connectivity index (χ4v) is 3.94. The minimum Gasteiger partial charge on any atom is -0.388 e. The highest BCUT2D eigenvalue weighted by Crippen LogP contribution is 2.50. The van der Waals surface area contributed by atoms with Crippen LogP contribution in [-0.4, -0.2) is 11.2 Å². The molecule has 0 radical (unpaired) electrons. The lowest BCUT2D eigenvalue weighted by molar-refractivity contribution is 0.106. The fourth-order valence-electron chi connectivity index (χ4n) is 3.94. The molecule has 0 aromatic carbocycles. The fraction of sp³-hybridized carbons (Fsp3) is 0.846. The quantitative estimate of drug-likeness (QED) is 0.585. The molecule has 0 bridgehead atoms. The van der Waals surface area contributed by atoms with Crippen LogP contribution in [0.3, 0.4) is 0 Å². The van der Waals surface area contributed by atoms with E-state index < -0.39 is 0 Å². The first-order valence-corrected chi connectivity index (χ1v) is 6.28. The highest BCUT2D eigenvalue weighted by atomic mass is 16.3. The zero-order valence-corrected chi connectivity index (χ0v) is 8.84. The van der Waals surface area contributed by atoms with E-state index in [1.807, 2.05) is 0 Å². The summed E-state index contributed by atoms with van der Waals surface area (Å²) in [6.45, 7) is 0. The van der Waals surface area contributed by atoms with Crippen molar-refractivity contribution in [2.75, 3.05) is 0 Å². The topological polar surface area (TPSA) is 20.2 Å². The molecule has 1 saturated carbocycles. The van der Waals surface area contributed by atoms with Crippen LogP contribution in [0.25, 0.3) is 0 Å². The Bertz CT molecular complexity index is 266. The van der Waals surface area contributed by atoms with Crippen molar-refractivity contribution >= 4 is 0 Å². The van der Waals surface area contributed by atoms with Crippen LogP contribution in [0.15, 0.2) is 11.1 Å². The first-order chi connectivity index (χ1) is 6.88. The Balaban J connectivity index is 1.92. The molecule has 0 aliphatic heterocycles. The molecular formula is C13H20O. The van der Waals surface area contributed by atoms with Gasteiger partial charge in [0.2, 0.25) is 0 Å². The summed E-state index contributed by atoms with van der Waals surface area (Å²) in [4.78, 5) is 0. The highest BCUT2D eigenvalue weighted by molar-refractivity contribution is 5.31. The van der Waals surface area contributed by atoms with Gasteiger partial charge in [-0.2, -0.15) is 0 Å². The van der Waals surface area contributed by atoms with E-state index in [0.717, 1.165) is 5.92 Å². The second-order valence-electron chi connectivity index (χ2n) is 5.26. The lowest BCUT2D eigenvalue weighted by Crippen LogP contribution is -2.25. The van der Waals surface area contributed by atoms with Crippen LogP contribution in [0, 0.1) is 11.8 Å². The van der Waals surface area contributed by atoms with Gasteiger partial charge in [0.25, 0.3) is 0 Å². The summed E-state index contributed by atoms with van der Waals surface area (Å²) in [6.07, 6.45) is 10.5. The molecule has 14 heavy (non-hydrogen) atoms. The van der Waals surface area contributed by atoms with Crippen molar-refractivity contribution in [2.45, 2.75) is 57.5 Å². The number of fused-ring (bicyclic) bond motifs is 2. The van der Waals surface area contributed by atoms with Crippen molar-refractivity contribution in [1.82, 2.24) is 0 Å². The van der Waals surface area contributed by atoms with Gasteiger partial charge in [0, 0.05) is 0 Å². The van der Waals surface area contributed by atoms with E-state index in [2.05, 4.69) is 0 Å². The third-order valence-electron chi connectivity index (χ3n) is 4.58. The van der Waals surface area contributed by atoms with Crippen molar-refractivity contribution in [2.24, 2.45) is 11.8 Å². The SMILES string of the molecule is OC1C2=C(CCCC2)[C@H]2CCCC[C@@H]12. The zero-order valence-electron chi connectivity index (χ0n) is 8.84. The molecule has 0 saturated heterocycles. The van der Waals surface area contributed by atoms with Crippen molar-refractivity contribution in [3.63, 3.8) is 0 Å². The maximum absolute atomic E-state index is 10.3. The monoisotopic (exact) mass is 192 g/mol. The minimum absolute atomic E-state index is 0.0457. The van der Waals surface area contributed by atoms with Gasteiger partial charge in [-0.05, 0) is 55.9 Å². The van der Waals surface area contributed by atoms with Gasteiger partial charge in [-0.15, -0.1) is 0 Å². The van der Waals surface area contributed by atoms with Crippen molar-refractivity contribution in [1.29, 1.82) is 0 Å². The predicted molar refractivity (Wildman–Crippen MR) is 56.9 cm³/mol. The molecule has 0 heterocycles. The van der Waals surface area contributed by atoms with Crippen LogP contribution in [0.4, 0.5) is 0 Å². The summed E-state index contributed by atoms with van der Waals surface area (Å²) < 4.78 is 0. The van der Waals surface area contributed by atoms with E-state index >= 15 is 0 Å². The average Bonchev–Trinajstić information content (AvgIpc) is 2.55. The molecule has 0 aromatic heterocycles. The predicted octanol–water partition coefficient (Wildman–Crippen LogP) is 3.04. The van der Waals surface area contributed by atoms with Gasteiger partial charge < -0.3 is 5.11 Å². The molecule has 1 unspecified atom stereocenters. The van der Waals surface area contributed by atoms with Gasteiger partial charge in [0.15, 0.2) is 0 Å². The summed E-state index contributed by atoms with van der Waals surface area (Å²) in [6, 6.07) is 0. The van der Waals surface area contributed by atoms with Crippen molar-refractivity contribution < 1.29 is 5.11 Å². The Hall–Kier alpha value is -0.300. The second kappa shape index (κ2) is 3.37. The number of hydrogen-bond donors (Lipinski definition) is 1. The van der Waals surface area contributed by atoms with E-state index in [0.29, 0.717) is 5.92 Å². The smallest absolute Gasteiger partial charge is 0.0786 e. The van der Waals surface area contributed by atoms with Crippen LogP contribution >= 0.6 is 0 Å². The van der Waals surface area contributed by atoms with Crippen LogP contribution in [0.2, 0.25) is 0 Å². The Morgan fingerprint density at radius 3 is 2.43 bits per heavy atom. The Morgan fingerprint density at radius 2 is 1.57 bits per heavy atom. The number of hydrogen-bond acceptors (Lipinski definition) is 1. The molecule has 78 valence electrons. The molecule has 0 aromatic rings. The number of aliphatic hydroxyl groups is 1. The van der Waals surface area contributed by atoms with Crippen molar-refractivity contribution in [3.05, 3.63) is 11.1 Å². The van der Waals surface area contributed by atoms with Gasteiger partial charge in [0.05, 0.1) is 6.10 Å². The molecule has 3 atom stereocenters. The molecule has 3 rings (SSSR count). The maximum atomic E-state index is 10.3. The van der Waals surface area contributed by atoms with Gasteiger partial charge in [-0.25, -0.2) is 0 Å². The van der Waals surface area contributed by atoms with Crippen LogP contribution in [0.1, 0.15) is 51.4 Å². The van der Waals surface area contributed by atoms with Crippen LogP contribution in [-0.2, 0) is 0 Å². The molecular weight excluding hydrogens is 172 g/mol. The van der Waals surface area contributed by atoms with Crippen LogP contribution in [0.5, 0.6) is 0 Å². The first-order valence-electron chi connectivity index (χ1n) is 6.28. The van der Waals surface area contributed by atoms with Crippen LogP contribution < -0.4 is 0 Å². The summed E-state index contributed by atoms with van der Waals surface area (Å²) in [5.41, 5.74) is 3.15. The van der Waals surface area contributed by atoms with Gasteiger partial charge in [-0.3, -0.25) is 0 Å². The van der Waals surface area contributed by atoms with E-state index in [-0.39, 0.29) is 6.10 Å². The number of rotatable bonds is 0. The van der Waals surface area contributed by atoms with Gasteiger partial charge >= 0.3 is 0 Å². The minimum atomic E-state index is -0.0457. The highest BCUT2D eigenvalue weighted by Gasteiger charge is 2.42. The largest absolute Gasteiger partial charge is 0.388 e. The molecule has 1 N–H and O–H groups in total. The molecule has 3 aliphatic carbocycles. The van der Waals surface area contributed by atoms with Crippen molar-refractivity contribution in [3.8, 4) is 0 Å². The molecule has 3 aliphatic rings. The second-order valence-corrected chi connectivity index (χ2v) is 5.26. The van der Waals surface area contributed by atoms with E-state index in [4.69, 9.17) is 0 Å². The first kappa shape index (κ1) is 8.96. The van der Waals surface area contributed by atoms with E-state index in [1.54, 1.807) is 5.57 Å². The number of aliphatic hydroxyl groups excluding tert-OH is 1. The number of allylic oxidation sites excluding steroid dienone is 1. The molecule has 1 heteroatoms. The Morgan fingerprint density at radius 1 is 0.857 bits per heavy atom. The van der Waals surface area contributed by atoms with E-state index in [1.165, 1.54) is 56.9 Å². The molecule has 1 nitrogen and oxygen atoms in total. The summed E-state index contributed by atoms with van der Waals surface area (Å²) in [5, 5.41) is 10.3. The molecule has 0 spiro atoms. The van der Waals surface area contributed by atoms with Gasteiger partial charge in [-0.1, -0.05) is 18.4 Å². The zero-order chi connectivity index (χ0) is 9.54. The summed E-state index contributed by atoms with van der Waals surface area (Å²) >= 11 is 0. The standard InChI is InChI=1S/C13H20O/c14-13-11-7-3-1-5-9(11)10-6-2-4-8-12(10)13/h9,11,13-14H,1-8H2/t9-,11-,13?/m1/s1.